The van der Waals surface area contributed by atoms with Crippen molar-refractivity contribution in [3.05, 3.63) is 29.3 Å². The molecule has 2 unspecified atom stereocenters. The van der Waals surface area contributed by atoms with Gasteiger partial charge in [0.05, 0.1) is 6.61 Å². The summed E-state index contributed by atoms with van der Waals surface area (Å²) in [7, 11) is 0. The number of ether oxygens (including phenoxy) is 1. The van der Waals surface area contributed by atoms with Crippen LogP contribution >= 0.6 is 0 Å². The molecule has 0 saturated carbocycles. The Bertz CT molecular complexity index is 411. The van der Waals surface area contributed by atoms with Gasteiger partial charge in [-0.1, -0.05) is 40.2 Å². The zero-order valence-corrected chi connectivity index (χ0v) is 11.3. The first-order valence-electron chi connectivity index (χ1n) is 6.48. The number of hydrogen-bond acceptors (Lipinski definition) is 2. The van der Waals surface area contributed by atoms with Crippen molar-refractivity contribution in [1.29, 1.82) is 0 Å². The molecule has 0 aliphatic carbocycles. The zero-order valence-electron chi connectivity index (χ0n) is 11.3. The van der Waals surface area contributed by atoms with Gasteiger partial charge in [0.2, 0.25) is 0 Å². The monoisotopic (exact) mass is 233 g/mol. The van der Waals surface area contributed by atoms with Gasteiger partial charge in [0, 0.05) is 17.0 Å². The van der Waals surface area contributed by atoms with Crippen LogP contribution in [0.25, 0.3) is 0 Å². The number of rotatable bonds is 3. The van der Waals surface area contributed by atoms with Crippen molar-refractivity contribution in [2.75, 3.05) is 6.61 Å². The molecule has 0 radical (unpaired) electrons. The maximum atomic E-state index is 6.29. The molecule has 1 aliphatic heterocycles. The van der Waals surface area contributed by atoms with E-state index in [0.717, 1.165) is 18.8 Å². The summed E-state index contributed by atoms with van der Waals surface area (Å²) in [6.07, 6.45) is 1.11. The highest BCUT2D eigenvalue weighted by atomic mass is 16.5. The molecule has 0 fully saturated rings. The van der Waals surface area contributed by atoms with E-state index in [1.54, 1.807) is 0 Å². The summed E-state index contributed by atoms with van der Waals surface area (Å²) in [5.41, 5.74) is 8.94. The van der Waals surface area contributed by atoms with Crippen molar-refractivity contribution in [3.8, 4) is 5.75 Å². The van der Waals surface area contributed by atoms with Crippen LogP contribution in [0.5, 0.6) is 5.75 Å². The minimum atomic E-state index is 0.112. The Morgan fingerprint density at radius 3 is 2.76 bits per heavy atom. The van der Waals surface area contributed by atoms with Crippen LogP contribution in [-0.2, 0) is 5.41 Å². The second-order valence-corrected chi connectivity index (χ2v) is 5.84. The van der Waals surface area contributed by atoms with Crippen molar-refractivity contribution in [1.82, 2.24) is 0 Å². The molecule has 94 valence electrons. The van der Waals surface area contributed by atoms with Gasteiger partial charge in [0.1, 0.15) is 5.75 Å². The fraction of sp³-hybridized carbons (Fsp3) is 0.600. The van der Waals surface area contributed by atoms with Crippen LogP contribution in [0.2, 0.25) is 0 Å². The van der Waals surface area contributed by atoms with E-state index in [1.165, 1.54) is 11.1 Å². The fourth-order valence-corrected chi connectivity index (χ4v) is 2.33. The molecule has 0 spiro atoms. The third-order valence-corrected chi connectivity index (χ3v) is 3.96. The summed E-state index contributed by atoms with van der Waals surface area (Å²) in [4.78, 5) is 0. The van der Waals surface area contributed by atoms with Gasteiger partial charge < -0.3 is 10.5 Å². The molecule has 1 aromatic carbocycles. The fourth-order valence-electron chi connectivity index (χ4n) is 2.33. The van der Waals surface area contributed by atoms with E-state index < -0.39 is 0 Å². The van der Waals surface area contributed by atoms with E-state index in [9.17, 15) is 0 Å². The first-order chi connectivity index (χ1) is 7.95. The van der Waals surface area contributed by atoms with Gasteiger partial charge in [-0.05, 0) is 23.6 Å². The van der Waals surface area contributed by atoms with Crippen LogP contribution in [0.3, 0.4) is 0 Å². The average molecular weight is 233 g/mol. The largest absolute Gasteiger partial charge is 0.492 e. The lowest BCUT2D eigenvalue weighted by atomic mass is 9.84. The topological polar surface area (TPSA) is 35.2 Å². The van der Waals surface area contributed by atoms with E-state index in [4.69, 9.17) is 10.5 Å². The van der Waals surface area contributed by atoms with Crippen LogP contribution in [-0.4, -0.2) is 6.61 Å². The van der Waals surface area contributed by atoms with E-state index in [-0.39, 0.29) is 11.5 Å². The Labute approximate surface area is 104 Å². The molecular formula is C15H23NO. The van der Waals surface area contributed by atoms with Crippen molar-refractivity contribution in [3.63, 3.8) is 0 Å². The molecule has 0 aromatic heterocycles. The Balaban J connectivity index is 2.34. The number of nitrogens with two attached hydrogens (primary N) is 1. The molecular weight excluding hydrogens is 210 g/mol. The lowest BCUT2D eigenvalue weighted by Gasteiger charge is -2.21. The van der Waals surface area contributed by atoms with E-state index in [0.29, 0.717) is 5.92 Å². The van der Waals surface area contributed by atoms with E-state index >= 15 is 0 Å². The maximum Gasteiger partial charge on any atom is 0.123 e. The van der Waals surface area contributed by atoms with Crippen LogP contribution in [0.15, 0.2) is 18.2 Å². The molecule has 2 rings (SSSR count). The highest BCUT2D eigenvalue weighted by molar-refractivity contribution is 5.45. The minimum absolute atomic E-state index is 0.112. The summed E-state index contributed by atoms with van der Waals surface area (Å²) in [5.74, 6) is 1.54. The zero-order chi connectivity index (χ0) is 12.6. The summed E-state index contributed by atoms with van der Waals surface area (Å²) in [6, 6.07) is 6.54. The van der Waals surface area contributed by atoms with Gasteiger partial charge in [0.25, 0.3) is 0 Å². The van der Waals surface area contributed by atoms with Gasteiger partial charge in [-0.15, -0.1) is 0 Å². The predicted octanol–water partition coefficient (Wildman–Crippen LogP) is 3.40. The molecule has 2 atom stereocenters. The normalized spacial score (nSPS) is 20.5. The Kier molecular flexibility index (Phi) is 3.17. The Morgan fingerprint density at radius 2 is 2.12 bits per heavy atom. The number of benzene rings is 1. The van der Waals surface area contributed by atoms with Gasteiger partial charge >= 0.3 is 0 Å². The van der Waals surface area contributed by atoms with Crippen LogP contribution in [0.4, 0.5) is 0 Å². The molecule has 2 nitrogen and oxygen atoms in total. The second kappa shape index (κ2) is 4.34. The van der Waals surface area contributed by atoms with Crippen molar-refractivity contribution in [2.24, 2.45) is 11.7 Å². The van der Waals surface area contributed by atoms with Crippen LogP contribution in [0, 0.1) is 5.92 Å². The highest BCUT2D eigenvalue weighted by Gasteiger charge is 2.32. The van der Waals surface area contributed by atoms with Crippen LogP contribution in [0.1, 0.15) is 51.3 Å². The highest BCUT2D eigenvalue weighted by Crippen LogP contribution is 2.40. The second-order valence-electron chi connectivity index (χ2n) is 5.84. The molecule has 0 amide bonds. The molecule has 1 aromatic rings. The smallest absolute Gasteiger partial charge is 0.123 e. The van der Waals surface area contributed by atoms with Gasteiger partial charge in [-0.3, -0.25) is 0 Å². The van der Waals surface area contributed by atoms with Crippen molar-refractivity contribution < 1.29 is 4.74 Å². The van der Waals surface area contributed by atoms with Gasteiger partial charge in [-0.25, -0.2) is 0 Å². The standard InChI is InChI=1S/C15H23NO/c1-5-10(2)14(16)11-6-7-13-12(8-11)15(3,4)9-17-13/h6-8,10,14H,5,9,16H2,1-4H3. The van der Waals surface area contributed by atoms with E-state index in [1.807, 2.05) is 0 Å². The number of hydrogen-bond donors (Lipinski definition) is 1. The summed E-state index contributed by atoms with van der Waals surface area (Å²) in [5, 5.41) is 0. The van der Waals surface area contributed by atoms with Gasteiger partial charge in [-0.2, -0.15) is 0 Å². The lowest BCUT2D eigenvalue weighted by Crippen LogP contribution is -2.21. The first-order valence-corrected chi connectivity index (χ1v) is 6.48. The van der Waals surface area contributed by atoms with Crippen molar-refractivity contribution in [2.45, 2.75) is 45.6 Å². The Morgan fingerprint density at radius 1 is 1.41 bits per heavy atom. The molecule has 2 heteroatoms. The van der Waals surface area contributed by atoms with Crippen molar-refractivity contribution >= 4 is 0 Å². The molecule has 0 bridgehead atoms. The number of fused-ring (bicyclic) bond motifs is 1. The SMILES string of the molecule is CCC(C)C(N)c1ccc2c(c1)C(C)(C)CO2. The van der Waals surface area contributed by atoms with Crippen LogP contribution < -0.4 is 10.5 Å². The predicted molar refractivity (Wildman–Crippen MR) is 71.3 cm³/mol. The third-order valence-electron chi connectivity index (χ3n) is 3.96. The molecule has 1 aliphatic rings. The quantitative estimate of drug-likeness (QED) is 0.868. The maximum absolute atomic E-state index is 6.29. The summed E-state index contributed by atoms with van der Waals surface area (Å²) < 4.78 is 5.69. The first kappa shape index (κ1) is 12.4. The van der Waals surface area contributed by atoms with E-state index in [2.05, 4.69) is 45.9 Å². The molecule has 2 N–H and O–H groups in total. The average Bonchev–Trinajstić information content (AvgIpc) is 2.63. The summed E-state index contributed by atoms with van der Waals surface area (Å²) >= 11 is 0. The third kappa shape index (κ3) is 2.19. The molecule has 17 heavy (non-hydrogen) atoms. The molecule has 0 saturated heterocycles. The summed E-state index contributed by atoms with van der Waals surface area (Å²) in [6.45, 7) is 9.60. The molecule has 1 heterocycles. The lowest BCUT2D eigenvalue weighted by molar-refractivity contribution is 0.291. The van der Waals surface area contributed by atoms with Gasteiger partial charge in [0.15, 0.2) is 0 Å². The minimum Gasteiger partial charge on any atom is -0.492 e. The Hall–Kier alpha value is -1.02.